The maximum Gasteiger partial charge on any atom is 0.276 e. The summed E-state index contributed by atoms with van der Waals surface area (Å²) in [6, 6.07) is 6.08. The fraction of sp³-hybridized carbons (Fsp3) is 0.500. The summed E-state index contributed by atoms with van der Waals surface area (Å²) < 4.78 is 28.0. The number of rotatable bonds is 2. The number of benzene rings is 1. The van der Waals surface area contributed by atoms with Crippen LogP contribution in [0.3, 0.4) is 0 Å². The fourth-order valence-corrected chi connectivity index (χ4v) is 2.27. The molecule has 1 aromatic rings. The van der Waals surface area contributed by atoms with Crippen LogP contribution in [0.15, 0.2) is 24.3 Å². The van der Waals surface area contributed by atoms with Crippen LogP contribution >= 0.6 is 0 Å². The normalized spacial score (nSPS) is 18.3. The second-order valence-corrected chi connectivity index (χ2v) is 4.23. The molecule has 1 aliphatic rings. The predicted molar refractivity (Wildman–Crippen MR) is 56.7 cm³/mol. The van der Waals surface area contributed by atoms with Crippen molar-refractivity contribution in [2.75, 3.05) is 5.73 Å². The van der Waals surface area contributed by atoms with Crippen LogP contribution in [0.1, 0.15) is 31.2 Å². The molecule has 0 spiro atoms. The predicted octanol–water partition coefficient (Wildman–Crippen LogP) is 3.55. The zero-order valence-electron chi connectivity index (χ0n) is 8.55. The van der Waals surface area contributed by atoms with Gasteiger partial charge in [-0.2, -0.15) is 0 Å². The summed E-state index contributed by atoms with van der Waals surface area (Å²) in [6.07, 6.45) is 3.09. The number of anilines is 1. The molecule has 2 N–H and O–H groups in total. The van der Waals surface area contributed by atoms with Gasteiger partial charge in [-0.1, -0.05) is 25.0 Å². The van der Waals surface area contributed by atoms with Crippen molar-refractivity contribution in [3.8, 4) is 0 Å². The quantitative estimate of drug-likeness (QED) is 0.744. The zero-order chi connectivity index (χ0) is 10.9. The van der Waals surface area contributed by atoms with E-state index >= 15 is 0 Å². The first-order valence-electron chi connectivity index (χ1n) is 5.34. The second kappa shape index (κ2) is 3.80. The van der Waals surface area contributed by atoms with E-state index in [1.807, 2.05) is 0 Å². The third-order valence-electron chi connectivity index (χ3n) is 3.14. The fourth-order valence-electron chi connectivity index (χ4n) is 2.27. The van der Waals surface area contributed by atoms with Crippen LogP contribution in [0.25, 0.3) is 0 Å². The highest BCUT2D eigenvalue weighted by Gasteiger charge is 2.42. The molecule has 0 atom stereocenters. The Labute approximate surface area is 88.3 Å². The first-order valence-corrected chi connectivity index (χ1v) is 5.34. The Morgan fingerprint density at radius 1 is 1.20 bits per heavy atom. The molecule has 0 amide bonds. The van der Waals surface area contributed by atoms with Crippen molar-refractivity contribution in [2.24, 2.45) is 5.92 Å². The maximum absolute atomic E-state index is 14.0. The van der Waals surface area contributed by atoms with Crippen molar-refractivity contribution in [1.29, 1.82) is 0 Å². The second-order valence-electron chi connectivity index (χ2n) is 4.23. The minimum atomic E-state index is -2.72. The highest BCUT2D eigenvalue weighted by atomic mass is 19.3. The summed E-state index contributed by atoms with van der Waals surface area (Å²) in [5.74, 6) is -3.22. The minimum absolute atomic E-state index is 0.0643. The Morgan fingerprint density at radius 2 is 1.87 bits per heavy atom. The van der Waals surface area contributed by atoms with Gasteiger partial charge in [0.25, 0.3) is 5.92 Å². The van der Waals surface area contributed by atoms with E-state index in [0.717, 1.165) is 12.8 Å². The lowest BCUT2D eigenvalue weighted by Crippen LogP contribution is -2.23. The van der Waals surface area contributed by atoms with Gasteiger partial charge in [0.2, 0.25) is 0 Å². The number of hydrogen-bond donors (Lipinski definition) is 1. The van der Waals surface area contributed by atoms with Crippen molar-refractivity contribution in [3.05, 3.63) is 29.8 Å². The topological polar surface area (TPSA) is 26.0 Å². The average Bonchev–Trinajstić information content (AvgIpc) is 2.71. The molecule has 82 valence electrons. The molecule has 1 nitrogen and oxygen atoms in total. The van der Waals surface area contributed by atoms with E-state index < -0.39 is 11.8 Å². The maximum atomic E-state index is 14.0. The van der Waals surface area contributed by atoms with E-state index in [1.54, 1.807) is 12.1 Å². The van der Waals surface area contributed by atoms with Gasteiger partial charge in [0.1, 0.15) is 0 Å². The molecule has 1 fully saturated rings. The molecule has 1 saturated carbocycles. The lowest BCUT2D eigenvalue weighted by molar-refractivity contribution is -0.0625. The van der Waals surface area contributed by atoms with Crippen LogP contribution in [0.2, 0.25) is 0 Å². The van der Waals surface area contributed by atoms with Crippen molar-refractivity contribution < 1.29 is 8.78 Å². The Bertz CT molecular complexity index is 343. The molecule has 1 aliphatic carbocycles. The summed E-state index contributed by atoms with van der Waals surface area (Å²) >= 11 is 0. The smallest absolute Gasteiger partial charge is 0.276 e. The summed E-state index contributed by atoms with van der Waals surface area (Å²) in [5, 5.41) is 0. The van der Waals surface area contributed by atoms with Gasteiger partial charge in [0.05, 0.1) is 0 Å². The Hall–Kier alpha value is -1.12. The number of nitrogens with two attached hydrogens (primary N) is 1. The van der Waals surface area contributed by atoms with Crippen LogP contribution in [-0.2, 0) is 5.92 Å². The molecule has 0 bridgehead atoms. The molecular weight excluding hydrogens is 196 g/mol. The first-order chi connectivity index (χ1) is 7.10. The van der Waals surface area contributed by atoms with E-state index in [1.165, 1.54) is 12.1 Å². The van der Waals surface area contributed by atoms with Crippen LogP contribution in [-0.4, -0.2) is 0 Å². The lowest BCUT2D eigenvalue weighted by atomic mass is 9.93. The van der Waals surface area contributed by atoms with Gasteiger partial charge >= 0.3 is 0 Å². The van der Waals surface area contributed by atoms with E-state index in [-0.39, 0.29) is 5.56 Å². The minimum Gasteiger partial charge on any atom is -0.399 e. The van der Waals surface area contributed by atoms with Gasteiger partial charge in [-0.3, -0.25) is 0 Å². The molecule has 0 radical (unpaired) electrons. The van der Waals surface area contributed by atoms with E-state index in [9.17, 15) is 8.78 Å². The lowest BCUT2D eigenvalue weighted by Gasteiger charge is -2.23. The molecule has 0 unspecified atom stereocenters. The molecule has 0 aliphatic heterocycles. The number of nitrogen functional groups attached to an aromatic ring is 1. The van der Waals surface area contributed by atoms with E-state index in [2.05, 4.69) is 0 Å². The number of alkyl halides is 2. The molecule has 0 aromatic heterocycles. The Kier molecular flexibility index (Phi) is 2.63. The summed E-state index contributed by atoms with van der Waals surface area (Å²) in [6.45, 7) is 0. The average molecular weight is 211 g/mol. The van der Waals surface area contributed by atoms with Crippen LogP contribution < -0.4 is 5.73 Å². The summed E-state index contributed by atoms with van der Waals surface area (Å²) in [5.41, 5.74) is 5.99. The first kappa shape index (κ1) is 10.4. The monoisotopic (exact) mass is 211 g/mol. The SMILES string of the molecule is Nc1cccc(C(F)(F)C2CCCC2)c1. The largest absolute Gasteiger partial charge is 0.399 e. The molecular formula is C12H15F2N. The molecule has 3 heteroatoms. The van der Waals surface area contributed by atoms with E-state index in [4.69, 9.17) is 5.73 Å². The molecule has 1 aromatic carbocycles. The third kappa shape index (κ3) is 1.96. The zero-order valence-corrected chi connectivity index (χ0v) is 8.55. The highest BCUT2D eigenvalue weighted by Crippen LogP contribution is 2.44. The van der Waals surface area contributed by atoms with Gasteiger partial charge in [-0.05, 0) is 25.0 Å². The van der Waals surface area contributed by atoms with Gasteiger partial charge in [-0.25, -0.2) is 8.78 Å². The standard InChI is InChI=1S/C12H15F2N/c13-12(14,9-4-1-2-5-9)10-6-3-7-11(15)8-10/h3,6-9H,1-2,4-5,15H2. The van der Waals surface area contributed by atoms with E-state index in [0.29, 0.717) is 18.5 Å². The highest BCUT2D eigenvalue weighted by molar-refractivity contribution is 5.42. The van der Waals surface area contributed by atoms with Gasteiger partial charge in [0, 0.05) is 17.2 Å². The molecule has 0 saturated heterocycles. The van der Waals surface area contributed by atoms with Crippen LogP contribution in [0.5, 0.6) is 0 Å². The molecule has 0 heterocycles. The van der Waals surface area contributed by atoms with Crippen LogP contribution in [0, 0.1) is 5.92 Å². The molecule has 15 heavy (non-hydrogen) atoms. The Balaban J connectivity index is 2.27. The van der Waals surface area contributed by atoms with Crippen molar-refractivity contribution in [1.82, 2.24) is 0 Å². The number of hydrogen-bond acceptors (Lipinski definition) is 1. The van der Waals surface area contributed by atoms with Crippen LogP contribution in [0.4, 0.5) is 14.5 Å². The van der Waals surface area contributed by atoms with Crippen molar-refractivity contribution in [2.45, 2.75) is 31.6 Å². The van der Waals surface area contributed by atoms with Gasteiger partial charge in [-0.15, -0.1) is 0 Å². The Morgan fingerprint density at radius 3 is 2.47 bits per heavy atom. The van der Waals surface area contributed by atoms with Gasteiger partial charge in [0.15, 0.2) is 0 Å². The van der Waals surface area contributed by atoms with Crippen molar-refractivity contribution in [3.63, 3.8) is 0 Å². The summed E-state index contributed by atoms with van der Waals surface area (Å²) in [7, 11) is 0. The third-order valence-corrected chi connectivity index (χ3v) is 3.14. The van der Waals surface area contributed by atoms with Gasteiger partial charge < -0.3 is 5.73 Å². The van der Waals surface area contributed by atoms with Crippen molar-refractivity contribution >= 4 is 5.69 Å². The molecule has 2 rings (SSSR count). The number of halogens is 2. The summed E-state index contributed by atoms with van der Waals surface area (Å²) in [4.78, 5) is 0.